The summed E-state index contributed by atoms with van der Waals surface area (Å²) in [6.45, 7) is 5.98. The molecule has 3 rings (SSSR count). The van der Waals surface area contributed by atoms with Gasteiger partial charge in [-0.2, -0.15) is 0 Å². The number of carbonyl (C=O) groups excluding carboxylic acids is 1. The predicted molar refractivity (Wildman–Crippen MR) is 121 cm³/mol. The Morgan fingerprint density at radius 1 is 1.03 bits per heavy atom. The van der Waals surface area contributed by atoms with E-state index < -0.39 is 5.82 Å². The SMILES string of the molecule is [CH2]c1ccccc1CCC(=S)Nc1cc(C(=O)Nc2cccc(F)c2)ccc1C. The second kappa shape index (κ2) is 9.43. The largest absolute Gasteiger partial charge is 0.350 e. The lowest BCUT2D eigenvalue weighted by Crippen LogP contribution is -2.15. The quantitative estimate of drug-likeness (QED) is 0.499. The second-order valence-electron chi connectivity index (χ2n) is 6.81. The zero-order chi connectivity index (χ0) is 20.8. The van der Waals surface area contributed by atoms with Crippen LogP contribution in [0.2, 0.25) is 0 Å². The van der Waals surface area contributed by atoms with Crippen molar-refractivity contribution in [1.82, 2.24) is 0 Å². The molecule has 3 nitrogen and oxygen atoms in total. The average molecular weight is 406 g/mol. The molecule has 147 valence electrons. The number of thiocarbonyl (C=S) groups is 1. The maximum atomic E-state index is 13.3. The highest BCUT2D eigenvalue weighted by Crippen LogP contribution is 2.20. The van der Waals surface area contributed by atoms with Crippen LogP contribution in [0.15, 0.2) is 66.7 Å². The molecule has 1 amide bonds. The van der Waals surface area contributed by atoms with Gasteiger partial charge in [-0.25, -0.2) is 4.39 Å². The van der Waals surface area contributed by atoms with Gasteiger partial charge in [0.25, 0.3) is 5.91 Å². The van der Waals surface area contributed by atoms with E-state index in [4.69, 9.17) is 12.2 Å². The Kier molecular flexibility index (Phi) is 6.73. The molecule has 1 radical (unpaired) electrons. The van der Waals surface area contributed by atoms with E-state index >= 15 is 0 Å². The van der Waals surface area contributed by atoms with Crippen LogP contribution in [0.25, 0.3) is 0 Å². The van der Waals surface area contributed by atoms with Crippen LogP contribution >= 0.6 is 12.2 Å². The van der Waals surface area contributed by atoms with Crippen LogP contribution in [0.4, 0.5) is 15.8 Å². The minimum Gasteiger partial charge on any atom is -0.350 e. The van der Waals surface area contributed by atoms with Crippen LogP contribution in [0.5, 0.6) is 0 Å². The van der Waals surface area contributed by atoms with Crippen molar-refractivity contribution < 1.29 is 9.18 Å². The number of carbonyl (C=O) groups is 1. The summed E-state index contributed by atoms with van der Waals surface area (Å²) in [5.74, 6) is -0.709. The number of amides is 1. The summed E-state index contributed by atoms with van der Waals surface area (Å²) in [7, 11) is 0. The van der Waals surface area contributed by atoms with Crippen molar-refractivity contribution in [3.63, 3.8) is 0 Å². The molecule has 0 heterocycles. The predicted octanol–water partition coefficient (Wildman–Crippen LogP) is 5.94. The summed E-state index contributed by atoms with van der Waals surface area (Å²) >= 11 is 5.49. The number of nitrogens with one attached hydrogen (secondary N) is 2. The topological polar surface area (TPSA) is 41.1 Å². The summed E-state index contributed by atoms with van der Waals surface area (Å²) in [6, 6.07) is 19.1. The van der Waals surface area contributed by atoms with Crippen LogP contribution in [0, 0.1) is 19.7 Å². The van der Waals surface area contributed by atoms with Crippen LogP contribution in [-0.4, -0.2) is 10.9 Å². The first-order valence-corrected chi connectivity index (χ1v) is 9.70. The van der Waals surface area contributed by atoms with E-state index in [1.807, 2.05) is 37.3 Å². The van der Waals surface area contributed by atoms with Crippen molar-refractivity contribution in [3.8, 4) is 0 Å². The highest BCUT2D eigenvalue weighted by atomic mass is 32.1. The Bertz CT molecular complexity index is 1050. The summed E-state index contributed by atoms with van der Waals surface area (Å²) in [6.07, 6.45) is 1.48. The Morgan fingerprint density at radius 3 is 2.59 bits per heavy atom. The van der Waals surface area contributed by atoms with E-state index in [1.54, 1.807) is 24.3 Å². The third-order valence-electron chi connectivity index (χ3n) is 4.60. The molecule has 0 aliphatic carbocycles. The molecular formula is C24H22FN2OS. The minimum atomic E-state index is -0.400. The van der Waals surface area contributed by atoms with Gasteiger partial charge in [0.2, 0.25) is 0 Å². The number of hydrogen-bond donors (Lipinski definition) is 2. The van der Waals surface area contributed by atoms with Crippen molar-refractivity contribution in [3.05, 3.63) is 102 Å². The molecule has 0 aromatic heterocycles. The molecule has 0 aliphatic heterocycles. The van der Waals surface area contributed by atoms with Crippen molar-refractivity contribution in [2.24, 2.45) is 0 Å². The van der Waals surface area contributed by atoms with E-state index in [9.17, 15) is 9.18 Å². The molecule has 3 aromatic carbocycles. The Balaban J connectivity index is 1.66. The molecule has 5 heteroatoms. The van der Waals surface area contributed by atoms with Crippen molar-refractivity contribution in [1.29, 1.82) is 0 Å². The van der Waals surface area contributed by atoms with Gasteiger partial charge in [-0.3, -0.25) is 4.79 Å². The molecule has 0 aliphatic rings. The third kappa shape index (κ3) is 5.72. The van der Waals surface area contributed by atoms with Gasteiger partial charge in [0.1, 0.15) is 5.82 Å². The zero-order valence-corrected chi connectivity index (χ0v) is 17.0. The molecule has 3 aromatic rings. The Labute approximate surface area is 176 Å². The van der Waals surface area contributed by atoms with Crippen LogP contribution in [0.3, 0.4) is 0 Å². The van der Waals surface area contributed by atoms with Gasteiger partial charge in [0.05, 0.1) is 4.99 Å². The monoisotopic (exact) mass is 405 g/mol. The van der Waals surface area contributed by atoms with E-state index in [1.165, 1.54) is 12.1 Å². The second-order valence-corrected chi connectivity index (χ2v) is 7.30. The summed E-state index contributed by atoms with van der Waals surface area (Å²) in [5.41, 5.74) is 4.80. The van der Waals surface area contributed by atoms with Gasteiger partial charge in [-0.15, -0.1) is 0 Å². The zero-order valence-electron chi connectivity index (χ0n) is 16.2. The standard InChI is InChI=1S/C24H22FN2OS/c1-16-6-3-4-7-18(16)12-13-23(29)27-22-14-19(11-10-17(22)2)24(28)26-21-9-5-8-20(25)15-21/h3-11,14-15H,1,12-13H2,2H3,(H,26,28)(H,27,29). The first kappa shape index (κ1) is 20.7. The number of aryl methyl sites for hydroxylation is 2. The van der Waals surface area contributed by atoms with E-state index in [-0.39, 0.29) is 5.91 Å². The lowest BCUT2D eigenvalue weighted by molar-refractivity contribution is 0.102. The number of hydrogen-bond acceptors (Lipinski definition) is 2. The fraction of sp³-hybridized carbons (Fsp3) is 0.125. The molecule has 29 heavy (non-hydrogen) atoms. The van der Waals surface area contributed by atoms with Gasteiger partial charge in [0, 0.05) is 23.4 Å². The third-order valence-corrected chi connectivity index (χ3v) is 4.90. The summed E-state index contributed by atoms with van der Waals surface area (Å²) in [4.78, 5) is 13.2. The Morgan fingerprint density at radius 2 is 1.83 bits per heavy atom. The fourth-order valence-corrected chi connectivity index (χ4v) is 3.14. The van der Waals surface area contributed by atoms with Gasteiger partial charge in [0.15, 0.2) is 0 Å². The van der Waals surface area contributed by atoms with Crippen molar-refractivity contribution >= 4 is 34.5 Å². The Hall–Kier alpha value is -3.05. The molecule has 0 spiro atoms. The van der Waals surface area contributed by atoms with Gasteiger partial charge in [-0.05, 0) is 67.3 Å². The minimum absolute atomic E-state index is 0.310. The molecule has 0 fully saturated rings. The van der Waals surface area contributed by atoms with Crippen molar-refractivity contribution in [2.75, 3.05) is 10.6 Å². The van der Waals surface area contributed by atoms with E-state index in [2.05, 4.69) is 17.6 Å². The normalized spacial score (nSPS) is 10.4. The number of rotatable bonds is 6. The van der Waals surface area contributed by atoms with Crippen LogP contribution < -0.4 is 10.6 Å². The summed E-state index contributed by atoms with van der Waals surface area (Å²) < 4.78 is 13.3. The van der Waals surface area contributed by atoms with E-state index in [0.717, 1.165) is 28.8 Å². The van der Waals surface area contributed by atoms with Gasteiger partial charge in [-0.1, -0.05) is 48.6 Å². The molecule has 0 bridgehead atoms. The molecule has 0 atom stereocenters. The number of halogens is 1. The molecule has 0 saturated heterocycles. The average Bonchev–Trinajstić information content (AvgIpc) is 2.69. The van der Waals surface area contributed by atoms with Gasteiger partial charge < -0.3 is 10.6 Å². The smallest absolute Gasteiger partial charge is 0.255 e. The molecule has 0 saturated carbocycles. The van der Waals surface area contributed by atoms with Crippen LogP contribution in [0.1, 0.15) is 33.5 Å². The maximum Gasteiger partial charge on any atom is 0.255 e. The first-order chi connectivity index (χ1) is 13.9. The number of anilines is 2. The van der Waals surface area contributed by atoms with Crippen LogP contribution in [-0.2, 0) is 6.42 Å². The first-order valence-electron chi connectivity index (χ1n) is 9.29. The highest BCUT2D eigenvalue weighted by molar-refractivity contribution is 7.80. The van der Waals surface area contributed by atoms with Crippen molar-refractivity contribution in [2.45, 2.75) is 19.8 Å². The van der Waals surface area contributed by atoms with E-state index in [0.29, 0.717) is 22.7 Å². The highest BCUT2D eigenvalue weighted by Gasteiger charge is 2.10. The lowest BCUT2D eigenvalue weighted by Gasteiger charge is -2.13. The maximum absolute atomic E-state index is 13.3. The molecular weight excluding hydrogens is 383 g/mol. The fourth-order valence-electron chi connectivity index (χ4n) is 2.93. The molecule has 0 unspecified atom stereocenters. The number of benzene rings is 3. The van der Waals surface area contributed by atoms with Gasteiger partial charge >= 0.3 is 0 Å². The molecule has 2 N–H and O–H groups in total. The summed E-state index contributed by atoms with van der Waals surface area (Å²) in [5, 5.41) is 5.94. The lowest BCUT2D eigenvalue weighted by atomic mass is 10.0.